The van der Waals surface area contributed by atoms with Crippen LogP contribution < -0.4 is 4.90 Å². The van der Waals surface area contributed by atoms with Gasteiger partial charge in [-0.2, -0.15) is 10.5 Å². The molecule has 0 bridgehead atoms. The number of nitriles is 2. The Labute approximate surface area is 122 Å². The minimum Gasteiger partial charge on any atom is -0.366 e. The summed E-state index contributed by atoms with van der Waals surface area (Å²) in [6.07, 6.45) is 3.10. The number of anilines is 1. The third-order valence-electron chi connectivity index (χ3n) is 4.52. The van der Waals surface area contributed by atoms with E-state index in [0.29, 0.717) is 0 Å². The molecule has 6 nitrogen and oxygen atoms in total. The molecule has 0 aromatic heterocycles. The monoisotopic (exact) mass is 282 g/mol. The molecule has 2 heterocycles. The summed E-state index contributed by atoms with van der Waals surface area (Å²) >= 11 is 0. The SMILES string of the molecule is N#CC1(C#N)Cc2cc([N+](=O)[O-])ccc2N2CCCCC21. The maximum atomic E-state index is 10.9. The van der Waals surface area contributed by atoms with Gasteiger partial charge in [0.2, 0.25) is 0 Å². The summed E-state index contributed by atoms with van der Waals surface area (Å²) in [7, 11) is 0. The Kier molecular flexibility index (Phi) is 3.03. The molecule has 3 rings (SSSR count). The molecule has 0 saturated carbocycles. The molecule has 1 aromatic carbocycles. The van der Waals surface area contributed by atoms with E-state index in [-0.39, 0.29) is 18.2 Å². The fourth-order valence-corrected chi connectivity index (χ4v) is 3.51. The molecule has 0 radical (unpaired) electrons. The first kappa shape index (κ1) is 13.4. The summed E-state index contributed by atoms with van der Waals surface area (Å²) in [5, 5.41) is 30.0. The first-order chi connectivity index (χ1) is 10.1. The first-order valence-corrected chi connectivity index (χ1v) is 6.98. The molecule has 21 heavy (non-hydrogen) atoms. The van der Waals surface area contributed by atoms with Crippen molar-refractivity contribution in [1.82, 2.24) is 0 Å². The number of non-ortho nitro benzene ring substituents is 1. The van der Waals surface area contributed by atoms with Crippen LogP contribution in [0.3, 0.4) is 0 Å². The van der Waals surface area contributed by atoms with Crippen molar-refractivity contribution < 1.29 is 4.92 Å². The lowest BCUT2D eigenvalue weighted by molar-refractivity contribution is -0.384. The highest BCUT2D eigenvalue weighted by atomic mass is 16.6. The summed E-state index contributed by atoms with van der Waals surface area (Å²) in [4.78, 5) is 12.6. The van der Waals surface area contributed by atoms with Crippen LogP contribution in [0.15, 0.2) is 18.2 Å². The van der Waals surface area contributed by atoms with Gasteiger partial charge in [-0.05, 0) is 30.9 Å². The van der Waals surface area contributed by atoms with Crippen LogP contribution in [-0.4, -0.2) is 17.5 Å². The number of nitro benzene ring substituents is 1. The van der Waals surface area contributed by atoms with E-state index in [1.807, 2.05) is 0 Å². The zero-order valence-electron chi connectivity index (χ0n) is 11.5. The maximum Gasteiger partial charge on any atom is 0.269 e. The number of piperidine rings is 1. The quantitative estimate of drug-likeness (QED) is 0.582. The van der Waals surface area contributed by atoms with Crippen LogP contribution in [0.25, 0.3) is 0 Å². The number of hydrogen-bond donors (Lipinski definition) is 0. The van der Waals surface area contributed by atoms with Crippen molar-refractivity contribution >= 4 is 11.4 Å². The summed E-state index contributed by atoms with van der Waals surface area (Å²) in [6.45, 7) is 0.792. The van der Waals surface area contributed by atoms with Gasteiger partial charge in [-0.25, -0.2) is 0 Å². The van der Waals surface area contributed by atoms with Crippen LogP contribution in [0, 0.1) is 38.2 Å². The van der Waals surface area contributed by atoms with E-state index in [2.05, 4.69) is 17.0 Å². The van der Waals surface area contributed by atoms with E-state index >= 15 is 0 Å². The molecule has 1 aromatic rings. The highest BCUT2D eigenvalue weighted by Gasteiger charge is 2.48. The Balaban J connectivity index is 2.14. The van der Waals surface area contributed by atoms with Crippen LogP contribution >= 0.6 is 0 Å². The molecule has 1 atom stereocenters. The molecular weight excluding hydrogens is 268 g/mol. The smallest absolute Gasteiger partial charge is 0.269 e. The number of rotatable bonds is 1. The van der Waals surface area contributed by atoms with E-state index in [1.54, 1.807) is 6.07 Å². The minimum absolute atomic E-state index is 0.00832. The predicted octanol–water partition coefficient (Wildman–Crippen LogP) is 2.54. The van der Waals surface area contributed by atoms with Crippen molar-refractivity contribution in [2.24, 2.45) is 5.41 Å². The van der Waals surface area contributed by atoms with E-state index in [4.69, 9.17) is 0 Å². The third-order valence-corrected chi connectivity index (χ3v) is 4.52. The second-order valence-corrected chi connectivity index (χ2v) is 5.65. The zero-order chi connectivity index (χ0) is 15.0. The van der Waals surface area contributed by atoms with Gasteiger partial charge in [0.25, 0.3) is 5.69 Å². The fourth-order valence-electron chi connectivity index (χ4n) is 3.51. The van der Waals surface area contributed by atoms with Gasteiger partial charge in [0.1, 0.15) is 0 Å². The van der Waals surface area contributed by atoms with E-state index in [0.717, 1.165) is 37.1 Å². The van der Waals surface area contributed by atoms with E-state index in [1.165, 1.54) is 12.1 Å². The van der Waals surface area contributed by atoms with Gasteiger partial charge >= 0.3 is 0 Å². The fraction of sp³-hybridized carbons (Fsp3) is 0.467. The Morgan fingerprint density at radius 2 is 2.10 bits per heavy atom. The number of nitro groups is 1. The van der Waals surface area contributed by atoms with Crippen molar-refractivity contribution in [2.45, 2.75) is 31.7 Å². The second-order valence-electron chi connectivity index (χ2n) is 5.65. The Bertz CT molecular complexity index is 672. The molecule has 0 amide bonds. The molecular formula is C15H14N4O2. The van der Waals surface area contributed by atoms with Gasteiger partial charge in [0, 0.05) is 30.8 Å². The largest absolute Gasteiger partial charge is 0.366 e. The first-order valence-electron chi connectivity index (χ1n) is 6.98. The summed E-state index contributed by atoms with van der Waals surface area (Å²) in [5.41, 5.74) is 0.564. The molecule has 6 heteroatoms. The standard InChI is InChI=1S/C15H14N4O2/c16-9-15(10-17)8-11-7-12(19(20)21)4-5-13(11)18-6-2-1-3-14(15)18/h4-5,7,14H,1-3,6,8H2. The molecule has 1 saturated heterocycles. The van der Waals surface area contributed by atoms with Crippen LogP contribution in [0.5, 0.6) is 0 Å². The molecule has 0 spiro atoms. The number of nitrogens with zero attached hydrogens (tertiary/aromatic N) is 4. The number of benzene rings is 1. The predicted molar refractivity (Wildman–Crippen MR) is 75.4 cm³/mol. The molecule has 2 aliphatic heterocycles. The summed E-state index contributed by atoms with van der Waals surface area (Å²) in [6, 6.07) is 9.01. The van der Waals surface area contributed by atoms with Gasteiger partial charge < -0.3 is 4.90 Å². The molecule has 0 N–H and O–H groups in total. The molecule has 2 aliphatic rings. The Hall–Kier alpha value is -2.60. The summed E-state index contributed by atoms with van der Waals surface area (Å²) < 4.78 is 0. The topological polar surface area (TPSA) is 94.0 Å². The van der Waals surface area contributed by atoms with Crippen LogP contribution in [-0.2, 0) is 6.42 Å². The van der Waals surface area contributed by atoms with Crippen molar-refractivity contribution in [3.63, 3.8) is 0 Å². The van der Waals surface area contributed by atoms with Crippen molar-refractivity contribution in [3.05, 3.63) is 33.9 Å². The third kappa shape index (κ3) is 1.92. The minimum atomic E-state index is -1.11. The van der Waals surface area contributed by atoms with Crippen molar-refractivity contribution in [3.8, 4) is 12.1 Å². The zero-order valence-corrected chi connectivity index (χ0v) is 11.5. The van der Waals surface area contributed by atoms with Gasteiger partial charge in [-0.15, -0.1) is 0 Å². The van der Waals surface area contributed by atoms with Gasteiger partial charge in [0.15, 0.2) is 5.41 Å². The number of fused-ring (bicyclic) bond motifs is 3. The Morgan fingerprint density at radius 3 is 2.76 bits per heavy atom. The maximum absolute atomic E-state index is 10.9. The Morgan fingerprint density at radius 1 is 1.33 bits per heavy atom. The lowest BCUT2D eigenvalue weighted by atomic mass is 9.70. The van der Waals surface area contributed by atoms with Gasteiger partial charge in [-0.1, -0.05) is 0 Å². The lowest BCUT2D eigenvalue weighted by Crippen LogP contribution is -2.54. The van der Waals surface area contributed by atoms with Crippen molar-refractivity contribution in [1.29, 1.82) is 10.5 Å². The number of hydrogen-bond acceptors (Lipinski definition) is 5. The normalized spacial score (nSPS) is 22.4. The molecule has 0 aliphatic carbocycles. The van der Waals surface area contributed by atoms with Gasteiger partial charge in [-0.3, -0.25) is 10.1 Å². The second kappa shape index (κ2) is 4.75. The molecule has 1 fully saturated rings. The molecule has 106 valence electrons. The van der Waals surface area contributed by atoms with Crippen LogP contribution in [0.1, 0.15) is 24.8 Å². The highest BCUT2D eigenvalue weighted by molar-refractivity contribution is 5.63. The van der Waals surface area contributed by atoms with Crippen LogP contribution in [0.4, 0.5) is 11.4 Å². The van der Waals surface area contributed by atoms with Crippen LogP contribution in [0.2, 0.25) is 0 Å². The lowest BCUT2D eigenvalue weighted by Gasteiger charge is -2.47. The van der Waals surface area contributed by atoms with E-state index in [9.17, 15) is 20.6 Å². The average Bonchev–Trinajstić information content (AvgIpc) is 2.53. The highest BCUT2D eigenvalue weighted by Crippen LogP contribution is 2.45. The van der Waals surface area contributed by atoms with Gasteiger partial charge in [0.05, 0.1) is 23.1 Å². The van der Waals surface area contributed by atoms with Crippen molar-refractivity contribution in [2.75, 3.05) is 11.4 Å². The average molecular weight is 282 g/mol. The molecule has 1 unspecified atom stereocenters. The summed E-state index contributed by atoms with van der Waals surface area (Å²) in [5.74, 6) is 0. The van der Waals surface area contributed by atoms with E-state index < -0.39 is 10.3 Å².